The number of anilines is 1. The summed E-state index contributed by atoms with van der Waals surface area (Å²) in [6.07, 6.45) is 3.58. The van der Waals surface area contributed by atoms with Crippen molar-refractivity contribution in [3.63, 3.8) is 0 Å². The highest BCUT2D eigenvalue weighted by Gasteiger charge is 2.29. The van der Waals surface area contributed by atoms with Crippen molar-refractivity contribution in [2.75, 3.05) is 18.4 Å². The fourth-order valence-electron chi connectivity index (χ4n) is 2.68. The van der Waals surface area contributed by atoms with Gasteiger partial charge in [0.05, 0.1) is 24.3 Å². The van der Waals surface area contributed by atoms with Crippen molar-refractivity contribution in [1.82, 2.24) is 15.1 Å². The van der Waals surface area contributed by atoms with Crippen LogP contribution in [0.4, 0.5) is 5.69 Å². The van der Waals surface area contributed by atoms with Gasteiger partial charge in [-0.15, -0.1) is 0 Å². The molecule has 5 nitrogen and oxygen atoms in total. The Morgan fingerprint density at radius 1 is 1.38 bits per heavy atom. The maximum atomic E-state index is 12.2. The first kappa shape index (κ1) is 13.8. The molecule has 1 aromatic heterocycles. The minimum Gasteiger partial charge on any atom is -0.323 e. The highest BCUT2D eigenvalue weighted by Crippen LogP contribution is 2.18. The van der Waals surface area contributed by atoms with Crippen molar-refractivity contribution in [2.24, 2.45) is 11.8 Å². The third kappa shape index (κ3) is 3.31. The lowest BCUT2D eigenvalue weighted by atomic mass is 9.97. The molecule has 2 aromatic rings. The number of aromatic nitrogens is 2. The van der Waals surface area contributed by atoms with Crippen molar-refractivity contribution in [1.29, 1.82) is 0 Å². The minimum absolute atomic E-state index is 0.0440. The zero-order valence-corrected chi connectivity index (χ0v) is 12.1. The highest BCUT2D eigenvalue weighted by atomic mass is 16.2. The molecule has 0 spiro atoms. The summed E-state index contributed by atoms with van der Waals surface area (Å²) < 4.78 is 1.83. The summed E-state index contributed by atoms with van der Waals surface area (Å²) in [5.74, 6) is 0.499. The van der Waals surface area contributed by atoms with Gasteiger partial charge in [0.25, 0.3) is 0 Å². The van der Waals surface area contributed by atoms with E-state index in [4.69, 9.17) is 0 Å². The van der Waals surface area contributed by atoms with Gasteiger partial charge in [0.15, 0.2) is 0 Å². The van der Waals surface area contributed by atoms with Crippen molar-refractivity contribution in [3.8, 4) is 0 Å². The summed E-state index contributed by atoms with van der Waals surface area (Å²) in [6, 6.07) is 10.1. The molecule has 21 heavy (non-hydrogen) atoms. The Kier molecular flexibility index (Phi) is 4.01. The van der Waals surface area contributed by atoms with Gasteiger partial charge in [0.1, 0.15) is 0 Å². The molecule has 0 aliphatic carbocycles. The average molecular weight is 284 g/mol. The van der Waals surface area contributed by atoms with E-state index in [1.807, 2.05) is 29.1 Å². The summed E-state index contributed by atoms with van der Waals surface area (Å²) in [5.41, 5.74) is 1.95. The molecule has 3 rings (SSSR count). The molecule has 0 bridgehead atoms. The topological polar surface area (TPSA) is 59.0 Å². The Balaban J connectivity index is 1.61. The second-order valence-corrected chi connectivity index (χ2v) is 5.64. The molecule has 0 unspecified atom stereocenters. The van der Waals surface area contributed by atoms with Gasteiger partial charge in [-0.05, 0) is 18.0 Å². The predicted octanol–water partition coefficient (Wildman–Crippen LogP) is 1.73. The van der Waals surface area contributed by atoms with Crippen molar-refractivity contribution < 1.29 is 4.79 Å². The zero-order chi connectivity index (χ0) is 14.7. The van der Waals surface area contributed by atoms with Crippen molar-refractivity contribution in [2.45, 2.75) is 13.5 Å². The number of hydrogen-bond donors (Lipinski definition) is 2. The van der Waals surface area contributed by atoms with Gasteiger partial charge in [-0.25, -0.2) is 0 Å². The van der Waals surface area contributed by atoms with Crippen LogP contribution in [0.25, 0.3) is 0 Å². The van der Waals surface area contributed by atoms with E-state index in [-0.39, 0.29) is 11.8 Å². The van der Waals surface area contributed by atoms with Crippen LogP contribution in [0.3, 0.4) is 0 Å². The third-order valence-electron chi connectivity index (χ3n) is 3.94. The van der Waals surface area contributed by atoms with Crippen LogP contribution in [-0.2, 0) is 11.3 Å². The minimum atomic E-state index is 0.0440. The first-order valence-corrected chi connectivity index (χ1v) is 7.30. The Morgan fingerprint density at radius 2 is 2.19 bits per heavy atom. The SMILES string of the molecule is C[C@@H]1CNC[C@H]1C(=O)Nc1cnn(Cc2ccccc2)c1. The third-order valence-corrected chi connectivity index (χ3v) is 3.94. The second kappa shape index (κ2) is 6.10. The van der Waals surface area contributed by atoms with Gasteiger partial charge >= 0.3 is 0 Å². The van der Waals surface area contributed by atoms with Crippen LogP contribution in [-0.4, -0.2) is 28.8 Å². The number of benzene rings is 1. The molecule has 1 fully saturated rings. The monoisotopic (exact) mass is 284 g/mol. The number of hydrogen-bond acceptors (Lipinski definition) is 3. The van der Waals surface area contributed by atoms with Crippen LogP contribution in [0.1, 0.15) is 12.5 Å². The summed E-state index contributed by atoms with van der Waals surface area (Å²) in [5, 5.41) is 10.5. The zero-order valence-electron chi connectivity index (χ0n) is 12.1. The fourth-order valence-corrected chi connectivity index (χ4v) is 2.68. The molecule has 1 aliphatic heterocycles. The van der Waals surface area contributed by atoms with Crippen molar-refractivity contribution in [3.05, 3.63) is 48.3 Å². The van der Waals surface area contributed by atoms with E-state index in [2.05, 4.69) is 34.8 Å². The maximum absolute atomic E-state index is 12.2. The summed E-state index contributed by atoms with van der Waals surface area (Å²) in [7, 11) is 0. The van der Waals surface area contributed by atoms with Gasteiger partial charge < -0.3 is 10.6 Å². The summed E-state index contributed by atoms with van der Waals surface area (Å²) in [4.78, 5) is 12.2. The number of carbonyl (C=O) groups is 1. The first-order valence-electron chi connectivity index (χ1n) is 7.30. The van der Waals surface area contributed by atoms with E-state index in [0.717, 1.165) is 18.8 Å². The second-order valence-electron chi connectivity index (χ2n) is 5.64. The molecule has 2 N–H and O–H groups in total. The number of amides is 1. The largest absolute Gasteiger partial charge is 0.323 e. The highest BCUT2D eigenvalue weighted by molar-refractivity contribution is 5.92. The molecule has 2 heterocycles. The van der Waals surface area contributed by atoms with Crippen LogP contribution in [0.5, 0.6) is 0 Å². The van der Waals surface area contributed by atoms with Gasteiger partial charge in [-0.2, -0.15) is 5.10 Å². The molecular weight excluding hydrogens is 264 g/mol. The molecule has 0 radical (unpaired) electrons. The van der Waals surface area contributed by atoms with Crippen LogP contribution in [0.2, 0.25) is 0 Å². The van der Waals surface area contributed by atoms with Gasteiger partial charge in [0.2, 0.25) is 5.91 Å². The fraction of sp³-hybridized carbons (Fsp3) is 0.375. The predicted molar refractivity (Wildman–Crippen MR) is 81.9 cm³/mol. The number of nitrogens with one attached hydrogen (secondary N) is 2. The van der Waals surface area contributed by atoms with E-state index in [1.54, 1.807) is 6.20 Å². The van der Waals surface area contributed by atoms with Gasteiger partial charge in [-0.3, -0.25) is 9.48 Å². The lowest BCUT2D eigenvalue weighted by Gasteiger charge is -2.12. The quantitative estimate of drug-likeness (QED) is 0.899. The van der Waals surface area contributed by atoms with Crippen LogP contribution in [0.15, 0.2) is 42.7 Å². The molecule has 0 saturated carbocycles. The average Bonchev–Trinajstić information content (AvgIpc) is 3.09. The Labute approximate surface area is 124 Å². The van der Waals surface area contributed by atoms with Crippen LogP contribution in [0, 0.1) is 11.8 Å². The Bertz CT molecular complexity index is 608. The molecular formula is C16H20N4O. The lowest BCUT2D eigenvalue weighted by Crippen LogP contribution is -2.27. The smallest absolute Gasteiger partial charge is 0.229 e. The Morgan fingerprint density at radius 3 is 2.90 bits per heavy atom. The Hall–Kier alpha value is -2.14. The van der Waals surface area contributed by atoms with E-state index in [9.17, 15) is 4.79 Å². The van der Waals surface area contributed by atoms with Gasteiger partial charge in [-0.1, -0.05) is 37.3 Å². The van der Waals surface area contributed by atoms with E-state index in [0.29, 0.717) is 12.5 Å². The van der Waals surface area contributed by atoms with E-state index >= 15 is 0 Å². The summed E-state index contributed by atoms with van der Waals surface area (Å²) in [6.45, 7) is 4.47. The van der Waals surface area contributed by atoms with Crippen molar-refractivity contribution >= 4 is 11.6 Å². The summed E-state index contributed by atoms with van der Waals surface area (Å²) >= 11 is 0. The van der Waals surface area contributed by atoms with E-state index in [1.165, 1.54) is 5.56 Å². The van der Waals surface area contributed by atoms with E-state index < -0.39 is 0 Å². The first-order chi connectivity index (χ1) is 10.2. The lowest BCUT2D eigenvalue weighted by molar-refractivity contribution is -0.120. The number of nitrogens with zero attached hydrogens (tertiary/aromatic N) is 2. The van der Waals surface area contributed by atoms with Gasteiger partial charge in [0, 0.05) is 12.7 Å². The van der Waals surface area contributed by atoms with Crippen LogP contribution >= 0.6 is 0 Å². The molecule has 5 heteroatoms. The standard InChI is InChI=1S/C16H20N4O/c1-12-7-17-9-15(12)16(21)19-14-8-18-20(11-14)10-13-5-3-2-4-6-13/h2-6,8,11-12,15,17H,7,9-10H2,1H3,(H,19,21)/t12-,15-/m1/s1. The maximum Gasteiger partial charge on any atom is 0.229 e. The molecule has 1 aromatic carbocycles. The number of rotatable bonds is 4. The molecule has 110 valence electrons. The molecule has 2 atom stereocenters. The normalized spacial score (nSPS) is 21.4. The molecule has 1 amide bonds. The molecule has 1 aliphatic rings. The number of carbonyl (C=O) groups excluding carboxylic acids is 1. The molecule has 1 saturated heterocycles. The van der Waals surface area contributed by atoms with Crippen LogP contribution < -0.4 is 10.6 Å².